The lowest BCUT2D eigenvalue weighted by atomic mass is 9.96. The van der Waals surface area contributed by atoms with Crippen LogP contribution in [0.2, 0.25) is 18.1 Å². The van der Waals surface area contributed by atoms with Gasteiger partial charge in [-0.1, -0.05) is 112 Å². The van der Waals surface area contributed by atoms with E-state index in [2.05, 4.69) is 113 Å². The first kappa shape index (κ1) is 28.6. The van der Waals surface area contributed by atoms with Crippen LogP contribution in [0.1, 0.15) is 31.9 Å². The lowest BCUT2D eigenvalue weighted by Crippen LogP contribution is -2.42. The highest BCUT2D eigenvalue weighted by molar-refractivity contribution is 6.74. The molecule has 0 aliphatic carbocycles. The van der Waals surface area contributed by atoms with Crippen molar-refractivity contribution in [1.82, 2.24) is 0 Å². The van der Waals surface area contributed by atoms with Crippen LogP contribution in [0.5, 0.6) is 0 Å². The quantitative estimate of drug-likeness (QED) is 0.162. The molecule has 4 aromatic carbocycles. The van der Waals surface area contributed by atoms with Crippen molar-refractivity contribution in [2.24, 2.45) is 11.7 Å². The maximum absolute atomic E-state index is 11.8. The van der Waals surface area contributed by atoms with E-state index in [0.29, 0.717) is 13.0 Å². The zero-order valence-electron chi connectivity index (χ0n) is 23.8. The second-order valence-electron chi connectivity index (χ2n) is 12.0. The third kappa shape index (κ3) is 7.81. The van der Waals surface area contributed by atoms with E-state index in [1.807, 2.05) is 18.2 Å². The van der Waals surface area contributed by atoms with Crippen molar-refractivity contribution >= 4 is 36.0 Å². The third-order valence-electron chi connectivity index (χ3n) is 7.89. The molecule has 0 saturated carbocycles. The van der Waals surface area contributed by atoms with Crippen molar-refractivity contribution in [3.05, 3.63) is 108 Å². The minimum absolute atomic E-state index is 0.121. The smallest absolute Gasteiger partial charge is 0.405 e. The number of amides is 1. The molecule has 0 fully saturated rings. The van der Waals surface area contributed by atoms with Gasteiger partial charge in [-0.05, 0) is 63.3 Å². The van der Waals surface area contributed by atoms with E-state index < -0.39 is 20.5 Å². The number of nitrogens with two attached hydrogens (primary N) is 1. The van der Waals surface area contributed by atoms with Crippen molar-refractivity contribution < 1.29 is 14.0 Å². The molecule has 1 unspecified atom stereocenters. The summed E-state index contributed by atoms with van der Waals surface area (Å²) in [6.07, 6.45) is 4.29. The second kappa shape index (κ2) is 12.2. The molecule has 204 valence electrons. The van der Waals surface area contributed by atoms with Crippen LogP contribution >= 0.6 is 0 Å². The Bertz CT molecular complexity index is 1450. The Balaban J connectivity index is 1.57. The van der Waals surface area contributed by atoms with Gasteiger partial charge in [-0.3, -0.25) is 0 Å². The topological polar surface area (TPSA) is 61.6 Å². The van der Waals surface area contributed by atoms with Crippen molar-refractivity contribution in [2.75, 3.05) is 6.61 Å². The summed E-state index contributed by atoms with van der Waals surface area (Å²) in [6.45, 7) is 11.9. The minimum Gasteiger partial charge on any atom is -0.442 e. The molecule has 2 atom stereocenters. The van der Waals surface area contributed by atoms with Crippen molar-refractivity contribution in [3.8, 4) is 0 Å². The van der Waals surface area contributed by atoms with Gasteiger partial charge in [0, 0.05) is 18.9 Å². The largest absolute Gasteiger partial charge is 0.442 e. The molecule has 0 saturated heterocycles. The number of rotatable bonds is 10. The van der Waals surface area contributed by atoms with Gasteiger partial charge in [0.25, 0.3) is 0 Å². The monoisotopic (exact) mass is 539 g/mol. The highest BCUT2D eigenvalue weighted by Crippen LogP contribution is 2.37. The number of fused-ring (bicyclic) bond motifs is 2. The summed E-state index contributed by atoms with van der Waals surface area (Å²) in [6, 6.07) is 29.6. The Morgan fingerprint density at radius 1 is 0.795 bits per heavy atom. The molecule has 0 aliphatic heterocycles. The van der Waals surface area contributed by atoms with Crippen molar-refractivity contribution in [1.29, 1.82) is 0 Å². The average Bonchev–Trinajstić information content (AvgIpc) is 2.89. The maximum atomic E-state index is 11.8. The summed E-state index contributed by atoms with van der Waals surface area (Å²) >= 11 is 0. The first-order chi connectivity index (χ1) is 18.5. The zero-order chi connectivity index (χ0) is 28.0. The summed E-state index contributed by atoms with van der Waals surface area (Å²) in [7, 11) is -1.94. The molecule has 0 spiro atoms. The van der Waals surface area contributed by atoms with E-state index in [1.54, 1.807) is 0 Å². The van der Waals surface area contributed by atoms with E-state index in [-0.39, 0.29) is 11.0 Å². The fourth-order valence-corrected chi connectivity index (χ4v) is 5.62. The predicted molar refractivity (Wildman–Crippen MR) is 166 cm³/mol. The lowest BCUT2D eigenvalue weighted by molar-refractivity contribution is 0.129. The summed E-state index contributed by atoms with van der Waals surface area (Å²) in [5, 5.41) is 4.93. The van der Waals surface area contributed by atoms with Crippen LogP contribution in [0.25, 0.3) is 21.5 Å². The fourth-order valence-electron chi connectivity index (χ4n) is 4.56. The Labute approximate surface area is 234 Å². The van der Waals surface area contributed by atoms with Crippen LogP contribution in [0.15, 0.2) is 97.1 Å². The van der Waals surface area contributed by atoms with Gasteiger partial charge in [-0.2, -0.15) is 0 Å². The summed E-state index contributed by atoms with van der Waals surface area (Å²) in [5.41, 5.74) is 7.81. The van der Waals surface area contributed by atoms with Crippen LogP contribution in [-0.4, -0.2) is 27.1 Å². The lowest BCUT2D eigenvalue weighted by Gasteiger charge is -2.37. The van der Waals surface area contributed by atoms with Gasteiger partial charge in [-0.15, -0.1) is 0 Å². The van der Waals surface area contributed by atoms with Crippen LogP contribution in [0, 0.1) is 5.92 Å². The Morgan fingerprint density at radius 2 is 1.31 bits per heavy atom. The molecule has 0 heterocycles. The SMILES string of the molecule is CC(C)(C)[Si](C)(C)OCC(C=C[C@@H](Cc1ccc2ccccc2c1)OC(N)=O)Cc1ccc2ccccc2c1. The highest BCUT2D eigenvalue weighted by atomic mass is 28.4. The number of carbonyl (C=O) groups excluding carboxylic acids is 1. The Morgan fingerprint density at radius 3 is 1.82 bits per heavy atom. The van der Waals surface area contributed by atoms with Gasteiger partial charge < -0.3 is 14.9 Å². The number of benzene rings is 4. The molecule has 4 aromatic rings. The number of hydrogen-bond donors (Lipinski definition) is 1. The first-order valence-electron chi connectivity index (χ1n) is 13.7. The van der Waals surface area contributed by atoms with E-state index >= 15 is 0 Å². The Kier molecular flexibility index (Phi) is 8.93. The van der Waals surface area contributed by atoms with Gasteiger partial charge >= 0.3 is 6.09 Å². The molecule has 0 radical (unpaired) electrons. The van der Waals surface area contributed by atoms with Crippen LogP contribution in [0.3, 0.4) is 0 Å². The van der Waals surface area contributed by atoms with E-state index in [9.17, 15) is 4.79 Å². The van der Waals surface area contributed by atoms with Crippen LogP contribution < -0.4 is 5.73 Å². The van der Waals surface area contributed by atoms with Crippen molar-refractivity contribution in [3.63, 3.8) is 0 Å². The summed E-state index contributed by atoms with van der Waals surface area (Å²) < 4.78 is 12.2. The molecule has 2 N–H and O–H groups in total. The molecule has 0 aromatic heterocycles. The maximum Gasteiger partial charge on any atom is 0.405 e. The summed E-state index contributed by atoms with van der Waals surface area (Å²) in [4.78, 5) is 11.8. The molecular weight excluding hydrogens is 498 g/mol. The van der Waals surface area contributed by atoms with Crippen LogP contribution in [-0.2, 0) is 22.0 Å². The molecular formula is C34H41NO3Si. The van der Waals surface area contributed by atoms with Crippen molar-refractivity contribution in [2.45, 2.75) is 57.8 Å². The minimum atomic E-state index is -1.94. The number of carbonyl (C=O) groups is 1. The molecule has 0 aliphatic rings. The van der Waals surface area contributed by atoms with Crippen LogP contribution in [0.4, 0.5) is 4.79 Å². The zero-order valence-corrected chi connectivity index (χ0v) is 24.8. The molecule has 4 nitrogen and oxygen atoms in total. The molecule has 1 amide bonds. The third-order valence-corrected chi connectivity index (χ3v) is 12.4. The van der Waals surface area contributed by atoms with Gasteiger partial charge in [-0.25, -0.2) is 4.79 Å². The number of ether oxygens (including phenoxy) is 1. The molecule has 39 heavy (non-hydrogen) atoms. The second-order valence-corrected chi connectivity index (χ2v) is 16.8. The Hall–Kier alpha value is -3.41. The number of hydrogen-bond acceptors (Lipinski definition) is 3. The van der Waals surface area contributed by atoms with Gasteiger partial charge in [0.05, 0.1) is 0 Å². The normalized spacial score (nSPS) is 14.1. The van der Waals surface area contributed by atoms with E-state index in [0.717, 1.165) is 17.4 Å². The predicted octanol–water partition coefficient (Wildman–Crippen LogP) is 8.44. The van der Waals surface area contributed by atoms with E-state index in [4.69, 9.17) is 14.9 Å². The highest BCUT2D eigenvalue weighted by Gasteiger charge is 2.37. The van der Waals surface area contributed by atoms with Gasteiger partial charge in [0.1, 0.15) is 6.10 Å². The fraction of sp³-hybridized carbons (Fsp3) is 0.324. The number of primary amides is 1. The molecule has 5 heteroatoms. The van der Waals surface area contributed by atoms with Gasteiger partial charge in [0.2, 0.25) is 0 Å². The van der Waals surface area contributed by atoms with Gasteiger partial charge in [0.15, 0.2) is 8.32 Å². The molecule has 0 bridgehead atoms. The first-order valence-corrected chi connectivity index (χ1v) is 16.6. The average molecular weight is 540 g/mol. The summed E-state index contributed by atoms with van der Waals surface area (Å²) in [5.74, 6) is 0.121. The van der Waals surface area contributed by atoms with E-state index in [1.165, 1.54) is 21.7 Å². The standard InChI is InChI=1S/C34H41NO3Si/c1-34(2,3)39(4,5)37-24-27(20-25-14-17-28-10-6-8-12-30(28)21-25)16-19-32(38-33(35)36)23-26-15-18-29-11-7-9-13-31(29)22-26/h6-19,21-22,27,32H,20,23-24H2,1-5H3,(H2,35,36)/t27?,32-/m0/s1. The molecule has 4 rings (SSSR count).